The van der Waals surface area contributed by atoms with Crippen LogP contribution in [0.4, 0.5) is 0 Å². The molecular formula is C17H24N4OS. The van der Waals surface area contributed by atoms with Crippen molar-refractivity contribution in [1.82, 2.24) is 15.6 Å². The molecule has 0 radical (unpaired) electrons. The Balaban J connectivity index is 1.86. The molecule has 2 aromatic rings. The van der Waals surface area contributed by atoms with Gasteiger partial charge in [0.05, 0.1) is 17.8 Å². The molecule has 0 aliphatic heterocycles. The molecule has 0 aliphatic carbocycles. The third kappa shape index (κ3) is 5.90. The van der Waals surface area contributed by atoms with Gasteiger partial charge in [0.1, 0.15) is 5.76 Å². The Labute approximate surface area is 141 Å². The van der Waals surface area contributed by atoms with Gasteiger partial charge in [0.25, 0.3) is 0 Å². The van der Waals surface area contributed by atoms with Crippen molar-refractivity contribution in [1.29, 1.82) is 0 Å². The molecule has 23 heavy (non-hydrogen) atoms. The van der Waals surface area contributed by atoms with E-state index in [9.17, 15) is 0 Å². The fraction of sp³-hybridized carbons (Fsp3) is 0.412. The Bertz CT molecular complexity index is 618. The minimum absolute atomic E-state index is 0.307. The summed E-state index contributed by atoms with van der Waals surface area (Å²) in [4.78, 5) is 10.3. The Morgan fingerprint density at radius 1 is 1.52 bits per heavy atom. The number of aryl methyl sites for hydroxylation is 1. The summed E-state index contributed by atoms with van der Waals surface area (Å²) in [6, 6.07) is 3.88. The summed E-state index contributed by atoms with van der Waals surface area (Å²) in [5.41, 5.74) is 0. The third-order valence-corrected chi connectivity index (χ3v) is 4.39. The van der Waals surface area contributed by atoms with Crippen LogP contribution >= 0.6 is 11.3 Å². The summed E-state index contributed by atoms with van der Waals surface area (Å²) in [6.45, 7) is 10.1. The standard InChI is InChI=1S/C17H24N4OS/c1-4-8-18-17(19-9-7-15-6-5-10-22-15)21-11-13(2)16-20-12-14(3)23-16/h4-6,10,12-13H,1,7-9,11H2,2-3H3,(H2,18,19,21). The van der Waals surface area contributed by atoms with Crippen molar-refractivity contribution in [3.05, 3.63) is 52.9 Å². The molecule has 124 valence electrons. The third-order valence-electron chi connectivity index (χ3n) is 3.24. The molecule has 2 N–H and O–H groups in total. The van der Waals surface area contributed by atoms with Crippen LogP contribution in [0, 0.1) is 6.92 Å². The van der Waals surface area contributed by atoms with Crippen molar-refractivity contribution in [2.75, 3.05) is 19.6 Å². The van der Waals surface area contributed by atoms with Crippen molar-refractivity contribution in [3.63, 3.8) is 0 Å². The second-order valence-electron chi connectivity index (χ2n) is 5.33. The first-order valence-corrected chi connectivity index (χ1v) is 8.58. The average molecular weight is 332 g/mol. The molecule has 0 saturated heterocycles. The summed E-state index contributed by atoms with van der Waals surface area (Å²) >= 11 is 1.73. The van der Waals surface area contributed by atoms with Crippen LogP contribution in [0.3, 0.4) is 0 Å². The molecule has 1 unspecified atom stereocenters. The van der Waals surface area contributed by atoms with Crippen LogP contribution in [0.25, 0.3) is 0 Å². The van der Waals surface area contributed by atoms with Gasteiger partial charge in [0.15, 0.2) is 5.96 Å². The van der Waals surface area contributed by atoms with Crippen molar-refractivity contribution in [3.8, 4) is 0 Å². The highest BCUT2D eigenvalue weighted by Gasteiger charge is 2.09. The van der Waals surface area contributed by atoms with Gasteiger partial charge in [-0.25, -0.2) is 4.98 Å². The SMILES string of the molecule is C=CCNC(=NCC(C)c1ncc(C)s1)NCCc1ccco1. The highest BCUT2D eigenvalue weighted by molar-refractivity contribution is 7.11. The zero-order valence-electron chi connectivity index (χ0n) is 13.7. The molecule has 0 bridgehead atoms. The molecule has 1 atom stereocenters. The Hall–Kier alpha value is -2.08. The second-order valence-corrected chi connectivity index (χ2v) is 6.59. The average Bonchev–Trinajstić information content (AvgIpc) is 3.20. The lowest BCUT2D eigenvalue weighted by molar-refractivity contribution is 0.507. The van der Waals surface area contributed by atoms with Crippen LogP contribution in [-0.4, -0.2) is 30.6 Å². The molecule has 2 rings (SSSR count). The molecule has 0 fully saturated rings. The molecule has 2 heterocycles. The fourth-order valence-electron chi connectivity index (χ4n) is 2.01. The van der Waals surface area contributed by atoms with Crippen molar-refractivity contribution >= 4 is 17.3 Å². The Morgan fingerprint density at radius 2 is 2.39 bits per heavy atom. The number of rotatable bonds is 8. The van der Waals surface area contributed by atoms with Crippen molar-refractivity contribution in [2.24, 2.45) is 4.99 Å². The summed E-state index contributed by atoms with van der Waals surface area (Å²) in [5.74, 6) is 2.06. The quantitative estimate of drug-likeness (QED) is 0.443. The molecule has 0 amide bonds. The number of nitrogens with one attached hydrogen (secondary N) is 2. The molecule has 6 heteroatoms. The number of furan rings is 1. The molecule has 0 aromatic carbocycles. The maximum Gasteiger partial charge on any atom is 0.191 e. The van der Waals surface area contributed by atoms with Gasteiger partial charge in [-0.1, -0.05) is 13.0 Å². The van der Waals surface area contributed by atoms with Gasteiger partial charge in [-0.15, -0.1) is 17.9 Å². The fourth-order valence-corrected chi connectivity index (χ4v) is 2.82. The zero-order chi connectivity index (χ0) is 16.5. The minimum atomic E-state index is 0.307. The van der Waals surface area contributed by atoms with E-state index in [1.807, 2.05) is 24.4 Å². The van der Waals surface area contributed by atoms with Gasteiger partial charge in [-0.3, -0.25) is 4.99 Å². The van der Waals surface area contributed by atoms with Gasteiger partial charge in [-0.05, 0) is 19.1 Å². The van der Waals surface area contributed by atoms with E-state index < -0.39 is 0 Å². The Morgan fingerprint density at radius 3 is 3.04 bits per heavy atom. The highest BCUT2D eigenvalue weighted by Crippen LogP contribution is 2.21. The van der Waals surface area contributed by atoms with Crippen LogP contribution in [0.5, 0.6) is 0 Å². The van der Waals surface area contributed by atoms with E-state index in [0.717, 1.165) is 29.7 Å². The number of nitrogens with zero attached hydrogens (tertiary/aromatic N) is 2. The summed E-state index contributed by atoms with van der Waals surface area (Å²) in [7, 11) is 0. The first-order valence-electron chi connectivity index (χ1n) is 7.77. The van der Waals surface area contributed by atoms with E-state index in [-0.39, 0.29) is 0 Å². The second kappa shape index (κ2) is 9.15. The maximum absolute atomic E-state index is 5.33. The number of aliphatic imine (C=N–C) groups is 1. The van der Waals surface area contributed by atoms with Crippen LogP contribution in [0.2, 0.25) is 0 Å². The minimum Gasteiger partial charge on any atom is -0.469 e. The van der Waals surface area contributed by atoms with Crippen molar-refractivity contribution in [2.45, 2.75) is 26.2 Å². The normalized spacial score (nSPS) is 12.9. The number of aromatic nitrogens is 1. The van der Waals surface area contributed by atoms with E-state index >= 15 is 0 Å². The lowest BCUT2D eigenvalue weighted by Crippen LogP contribution is -2.38. The van der Waals surface area contributed by atoms with Crippen LogP contribution in [0.1, 0.15) is 28.5 Å². The lowest BCUT2D eigenvalue weighted by Gasteiger charge is -2.12. The molecule has 5 nitrogen and oxygen atoms in total. The van der Waals surface area contributed by atoms with Gasteiger partial charge in [0.2, 0.25) is 0 Å². The van der Waals surface area contributed by atoms with Crippen molar-refractivity contribution < 1.29 is 4.42 Å². The number of hydrogen-bond acceptors (Lipinski definition) is 4. The lowest BCUT2D eigenvalue weighted by atomic mass is 10.2. The zero-order valence-corrected chi connectivity index (χ0v) is 14.5. The highest BCUT2D eigenvalue weighted by atomic mass is 32.1. The first kappa shape index (κ1) is 17.3. The van der Waals surface area contributed by atoms with Gasteiger partial charge in [0, 0.05) is 36.5 Å². The van der Waals surface area contributed by atoms with Crippen LogP contribution in [-0.2, 0) is 6.42 Å². The summed E-state index contributed by atoms with van der Waals surface area (Å²) < 4.78 is 5.33. The van der Waals surface area contributed by atoms with Crippen LogP contribution < -0.4 is 10.6 Å². The first-order chi connectivity index (χ1) is 11.2. The predicted molar refractivity (Wildman–Crippen MR) is 96.2 cm³/mol. The summed E-state index contributed by atoms with van der Waals surface area (Å²) in [5, 5.41) is 7.68. The number of thiazole rings is 1. The molecule has 2 aromatic heterocycles. The maximum atomic E-state index is 5.33. The summed E-state index contributed by atoms with van der Waals surface area (Å²) in [6.07, 6.45) is 6.25. The number of guanidine groups is 1. The number of hydrogen-bond donors (Lipinski definition) is 2. The molecule has 0 saturated carbocycles. The Kier molecular flexibility index (Phi) is 6.87. The molecule has 0 spiro atoms. The van der Waals surface area contributed by atoms with E-state index in [2.05, 4.69) is 41.0 Å². The van der Waals surface area contributed by atoms with E-state index in [0.29, 0.717) is 19.0 Å². The monoisotopic (exact) mass is 332 g/mol. The van der Waals surface area contributed by atoms with E-state index in [1.165, 1.54) is 4.88 Å². The van der Waals surface area contributed by atoms with Gasteiger partial charge < -0.3 is 15.1 Å². The smallest absolute Gasteiger partial charge is 0.191 e. The molecule has 0 aliphatic rings. The van der Waals surface area contributed by atoms with E-state index in [4.69, 9.17) is 4.42 Å². The molecular weight excluding hydrogens is 308 g/mol. The van der Waals surface area contributed by atoms with Gasteiger partial charge >= 0.3 is 0 Å². The largest absolute Gasteiger partial charge is 0.469 e. The van der Waals surface area contributed by atoms with Crippen LogP contribution in [0.15, 0.2) is 46.7 Å². The van der Waals surface area contributed by atoms with E-state index in [1.54, 1.807) is 17.6 Å². The van der Waals surface area contributed by atoms with Gasteiger partial charge in [-0.2, -0.15) is 0 Å². The predicted octanol–water partition coefficient (Wildman–Crippen LogP) is 3.11. The topological polar surface area (TPSA) is 62.5 Å².